The molecule has 1 rings (SSSR count). The van der Waals surface area contributed by atoms with Crippen LogP contribution in [0.25, 0.3) is 0 Å². The third kappa shape index (κ3) is 2.12. The Morgan fingerprint density at radius 3 is 2.69 bits per heavy atom. The number of aromatic hydroxyl groups is 1. The summed E-state index contributed by atoms with van der Waals surface area (Å²) >= 11 is 5.68. The summed E-state index contributed by atoms with van der Waals surface area (Å²) in [7, 11) is 0. The lowest BCUT2D eigenvalue weighted by atomic mass is 10.0. The fraction of sp³-hybridized carbons (Fsp3) is 0.333. The van der Waals surface area contributed by atoms with Crippen LogP contribution >= 0.6 is 11.6 Å². The molecule has 0 bridgehead atoms. The van der Waals surface area contributed by atoms with Crippen LogP contribution in [-0.4, -0.2) is 16.8 Å². The van der Waals surface area contributed by atoms with E-state index in [2.05, 4.69) is 0 Å². The van der Waals surface area contributed by atoms with E-state index >= 15 is 0 Å². The molecule has 0 aliphatic rings. The molecular formula is C9H12ClNO2. The van der Waals surface area contributed by atoms with E-state index in [0.29, 0.717) is 10.6 Å². The van der Waals surface area contributed by atoms with Crippen molar-refractivity contribution in [2.45, 2.75) is 13.0 Å². The van der Waals surface area contributed by atoms with Crippen LogP contribution in [0.4, 0.5) is 0 Å². The van der Waals surface area contributed by atoms with Gasteiger partial charge in [0.2, 0.25) is 0 Å². The van der Waals surface area contributed by atoms with Gasteiger partial charge in [-0.3, -0.25) is 0 Å². The average Bonchev–Trinajstić information content (AvgIpc) is 2.10. The van der Waals surface area contributed by atoms with Gasteiger partial charge in [0.05, 0.1) is 17.7 Å². The van der Waals surface area contributed by atoms with E-state index in [1.807, 2.05) is 6.92 Å². The van der Waals surface area contributed by atoms with Crippen molar-refractivity contribution in [2.75, 3.05) is 6.61 Å². The Hall–Kier alpha value is -0.770. The Morgan fingerprint density at radius 2 is 2.15 bits per heavy atom. The van der Waals surface area contributed by atoms with Crippen LogP contribution in [-0.2, 0) is 0 Å². The first-order valence-electron chi connectivity index (χ1n) is 3.91. The Bertz CT molecular complexity index is 315. The molecule has 4 N–H and O–H groups in total. The van der Waals surface area contributed by atoms with Gasteiger partial charge in [0.25, 0.3) is 0 Å². The van der Waals surface area contributed by atoms with Crippen molar-refractivity contribution in [3.63, 3.8) is 0 Å². The SMILES string of the molecule is Cc1cc(Cl)c(O)cc1C(N)CO. The van der Waals surface area contributed by atoms with Gasteiger partial charge in [-0.1, -0.05) is 11.6 Å². The Morgan fingerprint density at radius 1 is 1.54 bits per heavy atom. The Kier molecular flexibility index (Phi) is 3.14. The van der Waals surface area contributed by atoms with Crippen molar-refractivity contribution in [1.82, 2.24) is 0 Å². The second-order valence-electron chi connectivity index (χ2n) is 2.95. The van der Waals surface area contributed by atoms with Gasteiger partial charge in [0, 0.05) is 0 Å². The molecule has 0 radical (unpaired) electrons. The number of rotatable bonds is 2. The molecule has 1 aromatic rings. The van der Waals surface area contributed by atoms with E-state index < -0.39 is 6.04 Å². The van der Waals surface area contributed by atoms with Gasteiger partial charge in [-0.05, 0) is 30.2 Å². The number of aryl methyl sites for hydroxylation is 1. The number of benzene rings is 1. The second-order valence-corrected chi connectivity index (χ2v) is 3.36. The van der Waals surface area contributed by atoms with E-state index in [-0.39, 0.29) is 12.4 Å². The summed E-state index contributed by atoms with van der Waals surface area (Å²) in [5.41, 5.74) is 7.19. The number of hydrogen-bond donors (Lipinski definition) is 3. The molecular weight excluding hydrogens is 190 g/mol. The van der Waals surface area contributed by atoms with E-state index in [0.717, 1.165) is 5.56 Å². The summed E-state index contributed by atoms with van der Waals surface area (Å²) in [6.45, 7) is 1.68. The van der Waals surface area contributed by atoms with Crippen LogP contribution in [0.15, 0.2) is 12.1 Å². The molecule has 0 amide bonds. The molecule has 4 heteroatoms. The highest BCUT2D eigenvalue weighted by molar-refractivity contribution is 6.32. The number of aliphatic hydroxyl groups excluding tert-OH is 1. The number of halogens is 1. The molecule has 0 fully saturated rings. The minimum absolute atomic E-state index is 0.00818. The predicted octanol–water partition coefficient (Wildman–Crippen LogP) is 1.35. The number of phenols is 1. The summed E-state index contributed by atoms with van der Waals surface area (Å²) in [6.07, 6.45) is 0. The third-order valence-corrected chi connectivity index (χ3v) is 2.23. The summed E-state index contributed by atoms with van der Waals surface area (Å²) in [5, 5.41) is 18.4. The van der Waals surface area contributed by atoms with Gasteiger partial charge < -0.3 is 15.9 Å². The van der Waals surface area contributed by atoms with Crippen LogP contribution in [0, 0.1) is 6.92 Å². The molecule has 0 aliphatic carbocycles. The summed E-state index contributed by atoms with van der Waals surface area (Å²) < 4.78 is 0. The highest BCUT2D eigenvalue weighted by atomic mass is 35.5. The first kappa shape index (κ1) is 10.3. The number of aliphatic hydroxyl groups is 1. The zero-order chi connectivity index (χ0) is 10.0. The molecule has 1 aromatic carbocycles. The maximum absolute atomic E-state index is 9.30. The highest BCUT2D eigenvalue weighted by Gasteiger charge is 2.10. The van der Waals surface area contributed by atoms with Crippen LogP contribution in [0.5, 0.6) is 5.75 Å². The third-order valence-electron chi connectivity index (χ3n) is 1.93. The van der Waals surface area contributed by atoms with Crippen LogP contribution < -0.4 is 5.73 Å². The summed E-state index contributed by atoms with van der Waals surface area (Å²) in [5.74, 6) is -0.00818. The number of nitrogens with two attached hydrogens (primary N) is 1. The quantitative estimate of drug-likeness (QED) is 0.677. The lowest BCUT2D eigenvalue weighted by Gasteiger charge is -2.12. The maximum Gasteiger partial charge on any atom is 0.134 e. The molecule has 0 aliphatic heterocycles. The molecule has 0 saturated carbocycles. The summed E-state index contributed by atoms with van der Waals surface area (Å²) in [6, 6.07) is 2.64. The number of hydrogen-bond acceptors (Lipinski definition) is 3. The van der Waals surface area contributed by atoms with Crippen molar-refractivity contribution < 1.29 is 10.2 Å². The molecule has 0 heterocycles. The average molecular weight is 202 g/mol. The molecule has 1 unspecified atom stereocenters. The standard InChI is InChI=1S/C9H12ClNO2/c1-5-2-7(10)9(13)3-6(5)8(11)4-12/h2-3,8,12-13H,4,11H2,1H3. The van der Waals surface area contributed by atoms with E-state index in [9.17, 15) is 5.11 Å². The molecule has 72 valence electrons. The van der Waals surface area contributed by atoms with Gasteiger partial charge in [-0.2, -0.15) is 0 Å². The fourth-order valence-corrected chi connectivity index (χ4v) is 1.39. The van der Waals surface area contributed by atoms with Gasteiger partial charge in [-0.25, -0.2) is 0 Å². The molecule has 0 saturated heterocycles. The van der Waals surface area contributed by atoms with Gasteiger partial charge >= 0.3 is 0 Å². The van der Waals surface area contributed by atoms with Crippen LogP contribution in [0.2, 0.25) is 5.02 Å². The molecule has 0 aromatic heterocycles. The first-order chi connectivity index (χ1) is 6.06. The molecule has 13 heavy (non-hydrogen) atoms. The number of phenolic OH excluding ortho intramolecular Hbond substituents is 1. The smallest absolute Gasteiger partial charge is 0.134 e. The van der Waals surface area contributed by atoms with Crippen LogP contribution in [0.3, 0.4) is 0 Å². The summed E-state index contributed by atoms with van der Waals surface area (Å²) in [4.78, 5) is 0. The van der Waals surface area contributed by atoms with Crippen molar-refractivity contribution in [3.05, 3.63) is 28.3 Å². The van der Waals surface area contributed by atoms with Crippen molar-refractivity contribution in [1.29, 1.82) is 0 Å². The largest absolute Gasteiger partial charge is 0.506 e. The van der Waals surface area contributed by atoms with Crippen molar-refractivity contribution in [2.24, 2.45) is 5.73 Å². The van der Waals surface area contributed by atoms with E-state index in [1.165, 1.54) is 6.07 Å². The molecule has 0 spiro atoms. The molecule has 1 atom stereocenters. The lowest BCUT2D eigenvalue weighted by molar-refractivity contribution is 0.267. The minimum Gasteiger partial charge on any atom is -0.506 e. The normalized spacial score (nSPS) is 12.9. The van der Waals surface area contributed by atoms with Gasteiger partial charge in [0.15, 0.2) is 0 Å². The van der Waals surface area contributed by atoms with Crippen molar-refractivity contribution >= 4 is 11.6 Å². The van der Waals surface area contributed by atoms with Crippen LogP contribution in [0.1, 0.15) is 17.2 Å². The zero-order valence-corrected chi connectivity index (χ0v) is 8.04. The topological polar surface area (TPSA) is 66.5 Å². The van der Waals surface area contributed by atoms with Gasteiger partial charge in [-0.15, -0.1) is 0 Å². The lowest BCUT2D eigenvalue weighted by Crippen LogP contribution is -2.15. The van der Waals surface area contributed by atoms with Gasteiger partial charge in [0.1, 0.15) is 5.75 Å². The first-order valence-corrected chi connectivity index (χ1v) is 4.29. The monoisotopic (exact) mass is 201 g/mol. The fourth-order valence-electron chi connectivity index (χ4n) is 1.18. The van der Waals surface area contributed by atoms with E-state index in [4.69, 9.17) is 22.4 Å². The Balaban J connectivity index is 3.15. The second kappa shape index (κ2) is 3.96. The maximum atomic E-state index is 9.30. The zero-order valence-electron chi connectivity index (χ0n) is 7.29. The minimum atomic E-state index is -0.469. The molecule has 3 nitrogen and oxygen atoms in total. The highest BCUT2D eigenvalue weighted by Crippen LogP contribution is 2.28. The Labute approximate surface area is 81.8 Å². The van der Waals surface area contributed by atoms with E-state index in [1.54, 1.807) is 6.07 Å². The predicted molar refractivity (Wildman–Crippen MR) is 51.9 cm³/mol. The van der Waals surface area contributed by atoms with Crippen molar-refractivity contribution in [3.8, 4) is 5.75 Å².